The van der Waals surface area contributed by atoms with Crippen LogP contribution in [0.15, 0.2) is 40.9 Å². The van der Waals surface area contributed by atoms with Crippen LogP contribution in [0.25, 0.3) is 0 Å². The number of rotatable bonds is 1. The van der Waals surface area contributed by atoms with E-state index >= 15 is 0 Å². The van der Waals surface area contributed by atoms with Crippen molar-refractivity contribution in [3.05, 3.63) is 63.1 Å². The average Bonchev–Trinajstić information content (AvgIpc) is 2.58. The minimum atomic E-state index is -2.60. The Morgan fingerprint density at radius 3 is 1.60 bits per heavy atom. The summed E-state index contributed by atoms with van der Waals surface area (Å²) < 4.78 is 87.0. The number of benzene rings is 2. The first kappa shape index (κ1) is 6.35. The summed E-state index contributed by atoms with van der Waals surface area (Å²) in [6, 6.07) is 7.83. The fourth-order valence-corrected chi connectivity index (χ4v) is 1.64. The zero-order valence-corrected chi connectivity index (χ0v) is 11.9. The number of hydrogen-bond acceptors (Lipinski definition) is 2. The fourth-order valence-electron chi connectivity index (χ4n) is 1.38. The molecule has 2 rings (SSSR count). The van der Waals surface area contributed by atoms with Gasteiger partial charge in [-0.15, -0.1) is 0 Å². The Bertz CT molecular complexity index is 868. The van der Waals surface area contributed by atoms with E-state index in [1.807, 2.05) is 0 Å². The molecule has 4 heteroatoms. The quantitative estimate of drug-likeness (QED) is 0.779. The van der Waals surface area contributed by atoms with E-state index in [0.717, 1.165) is 12.1 Å². The van der Waals surface area contributed by atoms with Gasteiger partial charge in [0.2, 0.25) is 0 Å². The molecule has 0 bridgehead atoms. The van der Waals surface area contributed by atoms with Crippen molar-refractivity contribution < 1.29 is 26.5 Å². The molecule has 2 aromatic carbocycles. The van der Waals surface area contributed by atoms with E-state index in [2.05, 4.69) is 15.9 Å². The molecule has 0 radical (unpaired) electrons. The van der Waals surface area contributed by atoms with E-state index in [9.17, 15) is 0 Å². The molecule has 2 nitrogen and oxygen atoms in total. The van der Waals surface area contributed by atoms with Gasteiger partial charge in [0.25, 0.3) is 0 Å². The van der Waals surface area contributed by atoms with Gasteiger partial charge in [-0.2, -0.15) is 0 Å². The van der Waals surface area contributed by atoms with Gasteiger partial charge in [-0.25, -0.2) is 0 Å². The number of aryl methyl sites for hydroxylation is 4. The Morgan fingerprint density at radius 2 is 1.25 bits per heavy atom. The second-order valence-corrected chi connectivity index (χ2v) is 4.60. The summed E-state index contributed by atoms with van der Waals surface area (Å²) in [4.78, 5) is 0. The summed E-state index contributed by atoms with van der Waals surface area (Å²) in [5.41, 5.74) is -1.14. The Morgan fingerprint density at radius 1 is 0.850 bits per heavy atom. The lowest BCUT2D eigenvalue weighted by Crippen LogP contribution is -2.34. The maximum atomic E-state index is 9.17. The molecular weight excluding hydrogens is 315 g/mol. The van der Waals surface area contributed by atoms with Gasteiger partial charge >= 0.3 is 7.12 Å². The Balaban J connectivity index is 0.000000323. The van der Waals surface area contributed by atoms with Crippen LogP contribution < -0.4 is 5.46 Å². The molecule has 0 aliphatic rings. The van der Waals surface area contributed by atoms with E-state index in [1.54, 1.807) is 0 Å². The van der Waals surface area contributed by atoms with Gasteiger partial charge in [0, 0.05) is 20.9 Å². The molecule has 0 fully saturated rings. The predicted octanol–water partition coefficient (Wildman–Crippen LogP) is 3.05. The van der Waals surface area contributed by atoms with Crippen molar-refractivity contribution in [3.63, 3.8) is 0 Å². The third-order valence-electron chi connectivity index (χ3n) is 2.36. The number of hydrogen-bond donors (Lipinski definition) is 2. The molecule has 0 aliphatic heterocycles. The molecule has 0 amide bonds. The van der Waals surface area contributed by atoms with Gasteiger partial charge in [-0.1, -0.05) is 63.5 Å². The zero-order chi connectivity index (χ0) is 25.3. The van der Waals surface area contributed by atoms with Crippen molar-refractivity contribution in [2.45, 2.75) is 27.4 Å². The summed E-state index contributed by atoms with van der Waals surface area (Å²) in [5.74, 6) is 0. The van der Waals surface area contributed by atoms with E-state index < -0.39 is 40.0 Å². The second-order valence-electron chi connectivity index (χ2n) is 3.81. The molecule has 2 N–H and O–H groups in total. The highest BCUT2D eigenvalue weighted by atomic mass is 79.9. The Hall–Kier alpha value is -1.10. The highest BCUT2D eigenvalue weighted by Crippen LogP contribution is 2.19. The molecular formula is C16H20BBrO2. The molecule has 0 spiro atoms. The van der Waals surface area contributed by atoms with Gasteiger partial charge in [0.1, 0.15) is 0 Å². The van der Waals surface area contributed by atoms with Crippen LogP contribution in [-0.2, 0) is 0 Å². The van der Waals surface area contributed by atoms with Gasteiger partial charge in [-0.05, 0) is 44.0 Å². The van der Waals surface area contributed by atoms with Crippen molar-refractivity contribution >= 4 is 28.5 Å². The smallest absolute Gasteiger partial charge is 0.423 e. The van der Waals surface area contributed by atoms with Crippen molar-refractivity contribution in [2.75, 3.05) is 0 Å². The lowest BCUT2D eigenvalue weighted by molar-refractivity contribution is 0.425. The van der Waals surface area contributed by atoms with Gasteiger partial charge in [-0.3, -0.25) is 0 Å². The van der Waals surface area contributed by atoms with E-state index in [0.29, 0.717) is 0 Å². The molecule has 0 aliphatic carbocycles. The molecule has 0 aromatic heterocycles. The van der Waals surface area contributed by atoms with Crippen LogP contribution in [0.1, 0.15) is 38.7 Å². The third-order valence-corrected chi connectivity index (χ3v) is 3.22. The van der Waals surface area contributed by atoms with E-state index in [1.165, 1.54) is 24.3 Å². The first-order valence-electron chi connectivity index (χ1n) is 11.5. The van der Waals surface area contributed by atoms with Gasteiger partial charge in [0.05, 0.1) is 0 Å². The highest BCUT2D eigenvalue weighted by Gasteiger charge is 2.15. The molecule has 0 unspecified atom stereocenters. The average molecular weight is 347 g/mol. The second kappa shape index (κ2) is 7.62. The largest absolute Gasteiger partial charge is 0.488 e. The summed E-state index contributed by atoms with van der Waals surface area (Å²) >= 11 is 3.03. The maximum absolute atomic E-state index is 9.17. The van der Waals surface area contributed by atoms with Crippen molar-refractivity contribution in [3.8, 4) is 0 Å². The molecule has 20 heavy (non-hydrogen) atoms. The van der Waals surface area contributed by atoms with Crippen LogP contribution in [-0.4, -0.2) is 17.2 Å². The van der Waals surface area contributed by atoms with Crippen molar-refractivity contribution in [1.29, 1.82) is 0 Å². The van der Waals surface area contributed by atoms with Crippen LogP contribution in [0.2, 0.25) is 0 Å². The lowest BCUT2D eigenvalue weighted by Gasteiger charge is -2.06. The summed E-state index contributed by atoms with van der Waals surface area (Å²) in [6.07, 6.45) is 0. The fraction of sp³-hybridized carbons (Fsp3) is 0.250. The highest BCUT2D eigenvalue weighted by molar-refractivity contribution is 9.10. The van der Waals surface area contributed by atoms with Crippen LogP contribution in [0.3, 0.4) is 0 Å². The topological polar surface area (TPSA) is 40.5 Å². The summed E-state index contributed by atoms with van der Waals surface area (Å²) in [5, 5.41) is 18.3. The first-order valence-corrected chi connectivity index (χ1v) is 6.28. The van der Waals surface area contributed by atoms with Crippen LogP contribution in [0, 0.1) is 27.4 Å². The minimum absolute atomic E-state index is 0.0242. The third kappa shape index (κ3) is 4.48. The molecule has 2 aromatic rings. The Labute approximate surface area is 146 Å². The zero-order valence-electron chi connectivity index (χ0n) is 22.3. The molecule has 0 heterocycles. The predicted molar refractivity (Wildman–Crippen MR) is 89.4 cm³/mol. The molecule has 0 atom stereocenters. The van der Waals surface area contributed by atoms with Crippen LogP contribution >= 0.6 is 15.9 Å². The lowest BCUT2D eigenvalue weighted by atomic mass is 9.74. The summed E-state index contributed by atoms with van der Waals surface area (Å²) in [6.45, 7) is -9.80. The van der Waals surface area contributed by atoms with Crippen LogP contribution in [0.4, 0.5) is 0 Å². The first-order chi connectivity index (χ1) is 14.2. The number of halogens is 1. The molecule has 0 saturated carbocycles. The monoisotopic (exact) mass is 346 g/mol. The van der Waals surface area contributed by atoms with Gasteiger partial charge in [0.15, 0.2) is 0 Å². The molecule has 106 valence electrons. The van der Waals surface area contributed by atoms with Crippen molar-refractivity contribution in [2.24, 2.45) is 0 Å². The molecule has 0 saturated heterocycles. The van der Waals surface area contributed by atoms with Gasteiger partial charge < -0.3 is 10.0 Å². The normalized spacial score (nSPS) is 21.1. The van der Waals surface area contributed by atoms with Crippen LogP contribution in [0.5, 0.6) is 0 Å². The standard InChI is InChI=1S/C8H11BO2.C8H9Br/c1-6-4-3-5-7(2)8(6)9(10)11;1-6-4-3-5-7(2)8(6)9/h3-5,10-11H,1-2H3;3-5H,1-2H3/i2*1D3,2D3. The summed E-state index contributed by atoms with van der Waals surface area (Å²) in [7, 11) is -2.14. The Kier molecular flexibility index (Phi) is 2.42. The maximum Gasteiger partial charge on any atom is 0.488 e. The van der Waals surface area contributed by atoms with E-state index in [-0.39, 0.29) is 26.7 Å². The SMILES string of the molecule is [2H]C([2H])([2H])c1cccc(C([2H])([2H])[2H])c1B(O)O.[2H]C([2H])([2H])c1cccc(C([2H])([2H])[2H])c1Br. The minimum Gasteiger partial charge on any atom is -0.423 e. The van der Waals surface area contributed by atoms with E-state index in [4.69, 9.17) is 26.5 Å². The van der Waals surface area contributed by atoms with Crippen molar-refractivity contribution in [1.82, 2.24) is 0 Å².